The molecule has 37 heavy (non-hydrogen) atoms. The fourth-order valence-corrected chi connectivity index (χ4v) is 5.87. The maximum Gasteiger partial charge on any atom is 0.261 e. The molecule has 1 heterocycles. The van der Waals surface area contributed by atoms with E-state index in [1.807, 2.05) is 6.07 Å². The number of aliphatic hydroxyl groups is 1. The highest BCUT2D eigenvalue weighted by Gasteiger charge is 2.61. The van der Waals surface area contributed by atoms with Crippen LogP contribution in [0.3, 0.4) is 0 Å². The SMILES string of the molecule is O=C(COc1ccc(Cl)c(F)c1)NC12CCC1C(NC(=O)[C@H]1C[C@@H](NCCO)c3cc(Cl)ccc3O1)C2. The van der Waals surface area contributed by atoms with E-state index in [9.17, 15) is 19.1 Å². The van der Waals surface area contributed by atoms with E-state index in [1.165, 1.54) is 12.1 Å². The molecule has 0 bridgehead atoms. The van der Waals surface area contributed by atoms with E-state index in [0.29, 0.717) is 30.2 Å². The first-order valence-corrected chi connectivity index (χ1v) is 13.0. The summed E-state index contributed by atoms with van der Waals surface area (Å²) in [5, 5.41) is 19.2. The summed E-state index contributed by atoms with van der Waals surface area (Å²) in [4.78, 5) is 25.6. The van der Waals surface area contributed by atoms with Crippen molar-refractivity contribution in [2.24, 2.45) is 5.92 Å². The monoisotopic (exact) mass is 551 g/mol. The van der Waals surface area contributed by atoms with Crippen LogP contribution in [-0.2, 0) is 9.59 Å². The van der Waals surface area contributed by atoms with Gasteiger partial charge in [-0.25, -0.2) is 4.39 Å². The first-order valence-electron chi connectivity index (χ1n) is 12.3. The van der Waals surface area contributed by atoms with Gasteiger partial charge >= 0.3 is 0 Å². The number of nitrogens with one attached hydrogen (secondary N) is 3. The van der Waals surface area contributed by atoms with Crippen molar-refractivity contribution >= 4 is 35.0 Å². The second-order valence-electron chi connectivity index (χ2n) is 9.79. The molecule has 4 N–H and O–H groups in total. The van der Waals surface area contributed by atoms with Gasteiger partial charge in [-0.15, -0.1) is 0 Å². The van der Waals surface area contributed by atoms with E-state index in [1.54, 1.807) is 12.1 Å². The highest BCUT2D eigenvalue weighted by molar-refractivity contribution is 6.31. The third kappa shape index (κ3) is 5.36. The van der Waals surface area contributed by atoms with Crippen molar-refractivity contribution in [3.8, 4) is 11.5 Å². The van der Waals surface area contributed by atoms with Gasteiger partial charge in [-0.1, -0.05) is 23.2 Å². The highest BCUT2D eigenvalue weighted by atomic mass is 35.5. The van der Waals surface area contributed by atoms with Gasteiger partial charge in [-0.2, -0.15) is 0 Å². The van der Waals surface area contributed by atoms with E-state index >= 15 is 0 Å². The van der Waals surface area contributed by atoms with E-state index in [2.05, 4.69) is 16.0 Å². The molecule has 8 nitrogen and oxygen atoms in total. The third-order valence-corrected chi connectivity index (χ3v) is 8.06. The minimum absolute atomic E-state index is 0.0141. The van der Waals surface area contributed by atoms with Gasteiger partial charge in [0.15, 0.2) is 12.7 Å². The van der Waals surface area contributed by atoms with Crippen molar-refractivity contribution in [3.63, 3.8) is 0 Å². The van der Waals surface area contributed by atoms with Crippen LogP contribution in [0.2, 0.25) is 10.0 Å². The van der Waals surface area contributed by atoms with Crippen molar-refractivity contribution < 1.29 is 28.6 Å². The molecule has 11 heteroatoms. The highest BCUT2D eigenvalue weighted by Crippen LogP contribution is 2.54. The summed E-state index contributed by atoms with van der Waals surface area (Å²) in [6.45, 7) is 0.117. The van der Waals surface area contributed by atoms with Gasteiger partial charge < -0.3 is 30.5 Å². The van der Waals surface area contributed by atoms with Gasteiger partial charge in [0.05, 0.1) is 11.6 Å². The molecule has 3 aliphatic rings. The van der Waals surface area contributed by atoms with Crippen LogP contribution >= 0.6 is 23.2 Å². The van der Waals surface area contributed by atoms with E-state index in [4.69, 9.17) is 32.7 Å². The van der Waals surface area contributed by atoms with E-state index < -0.39 is 11.9 Å². The maximum absolute atomic E-state index is 13.6. The number of rotatable bonds is 9. The average molecular weight is 552 g/mol. The Kier molecular flexibility index (Phi) is 7.49. The molecule has 0 saturated heterocycles. The van der Waals surface area contributed by atoms with Crippen LogP contribution in [0.4, 0.5) is 4.39 Å². The lowest BCUT2D eigenvalue weighted by Crippen LogP contribution is -2.76. The molecule has 2 amide bonds. The largest absolute Gasteiger partial charge is 0.484 e. The lowest BCUT2D eigenvalue weighted by Gasteiger charge is -2.63. The fraction of sp³-hybridized carbons (Fsp3) is 0.462. The Balaban J connectivity index is 1.14. The molecule has 2 fully saturated rings. The number of hydrogen-bond acceptors (Lipinski definition) is 6. The van der Waals surface area contributed by atoms with Crippen LogP contribution in [0.15, 0.2) is 36.4 Å². The number of carbonyl (C=O) groups is 2. The summed E-state index contributed by atoms with van der Waals surface area (Å²) in [5.74, 6) is -0.173. The summed E-state index contributed by atoms with van der Waals surface area (Å²) >= 11 is 11.8. The Morgan fingerprint density at radius 2 is 2.05 bits per heavy atom. The molecule has 2 aromatic carbocycles. The van der Waals surface area contributed by atoms with E-state index in [0.717, 1.165) is 24.5 Å². The van der Waals surface area contributed by atoms with Crippen molar-refractivity contribution in [2.75, 3.05) is 19.8 Å². The Morgan fingerprint density at radius 3 is 2.76 bits per heavy atom. The molecule has 3 unspecified atom stereocenters. The number of aliphatic hydroxyl groups excluding tert-OH is 1. The minimum Gasteiger partial charge on any atom is -0.484 e. The van der Waals surface area contributed by atoms with Gasteiger partial charge in [0.2, 0.25) is 0 Å². The molecule has 2 aliphatic carbocycles. The molecule has 0 radical (unpaired) electrons. The second kappa shape index (κ2) is 10.6. The third-order valence-electron chi connectivity index (χ3n) is 7.52. The van der Waals surface area contributed by atoms with Gasteiger partial charge in [-0.3, -0.25) is 9.59 Å². The molecule has 5 rings (SSSR count). The zero-order valence-electron chi connectivity index (χ0n) is 19.9. The number of benzene rings is 2. The summed E-state index contributed by atoms with van der Waals surface area (Å²) in [6.07, 6.45) is 2.05. The lowest BCUT2D eigenvalue weighted by atomic mass is 9.50. The van der Waals surface area contributed by atoms with Crippen molar-refractivity contribution in [2.45, 2.75) is 49.4 Å². The van der Waals surface area contributed by atoms with Crippen LogP contribution in [0.25, 0.3) is 0 Å². The van der Waals surface area contributed by atoms with Crippen molar-refractivity contribution in [1.82, 2.24) is 16.0 Å². The predicted molar refractivity (Wildman–Crippen MR) is 135 cm³/mol. The number of halogens is 3. The van der Waals surface area contributed by atoms with Crippen LogP contribution in [0, 0.1) is 11.7 Å². The first-order chi connectivity index (χ1) is 17.8. The molecular formula is C26H28Cl2FN3O5. The fourth-order valence-electron chi connectivity index (χ4n) is 5.57. The van der Waals surface area contributed by atoms with Gasteiger partial charge in [0.1, 0.15) is 17.3 Å². The second-order valence-corrected chi connectivity index (χ2v) is 10.6. The van der Waals surface area contributed by atoms with Gasteiger partial charge in [0.25, 0.3) is 11.8 Å². The van der Waals surface area contributed by atoms with Gasteiger partial charge in [-0.05, 0) is 49.6 Å². The average Bonchev–Trinajstić information content (AvgIpc) is 2.87. The molecule has 2 saturated carbocycles. The Labute approximate surface area is 223 Å². The Hall–Kier alpha value is -2.59. The summed E-state index contributed by atoms with van der Waals surface area (Å²) < 4.78 is 25.0. The standard InChI is InChI=1S/C26H28Cl2FN3O5/c27-14-1-4-22-16(9-14)20(30-7-8-33)11-23(37-22)25(35)31-21-12-26(6-5-17(21)26)32-24(34)13-36-15-2-3-18(28)19(29)10-15/h1-4,9-10,17,20-21,23,30,33H,5-8,11-13H2,(H,31,35)(H,32,34)/t17?,20-,21?,23-,26?/m1/s1. The first kappa shape index (κ1) is 26.0. The minimum atomic E-state index is -0.692. The van der Waals surface area contributed by atoms with Crippen molar-refractivity contribution in [1.29, 1.82) is 0 Å². The summed E-state index contributed by atoms with van der Waals surface area (Å²) in [6, 6.07) is 9.05. The molecule has 198 valence electrons. The maximum atomic E-state index is 13.6. The quantitative estimate of drug-likeness (QED) is 0.381. The van der Waals surface area contributed by atoms with Crippen LogP contribution in [0.1, 0.15) is 37.3 Å². The number of hydrogen-bond donors (Lipinski definition) is 4. The number of ether oxygens (including phenoxy) is 2. The zero-order valence-corrected chi connectivity index (χ0v) is 21.4. The topological polar surface area (TPSA) is 109 Å². The number of fused-ring (bicyclic) bond motifs is 2. The molecule has 0 spiro atoms. The Morgan fingerprint density at radius 1 is 1.22 bits per heavy atom. The molecule has 5 atom stereocenters. The van der Waals surface area contributed by atoms with E-state index in [-0.39, 0.29) is 59.3 Å². The summed E-state index contributed by atoms with van der Waals surface area (Å²) in [5.41, 5.74) is 0.504. The van der Waals surface area contributed by atoms with Crippen molar-refractivity contribution in [3.05, 3.63) is 57.8 Å². The molecular weight excluding hydrogens is 524 g/mol. The zero-order chi connectivity index (χ0) is 26.2. The number of amides is 2. The van der Waals surface area contributed by atoms with Crippen LogP contribution in [0.5, 0.6) is 11.5 Å². The lowest BCUT2D eigenvalue weighted by molar-refractivity contribution is -0.141. The Bertz CT molecular complexity index is 1200. The molecule has 2 aromatic rings. The van der Waals surface area contributed by atoms with Crippen LogP contribution < -0.4 is 25.4 Å². The molecule has 0 aromatic heterocycles. The predicted octanol–water partition coefficient (Wildman–Crippen LogP) is 3.14. The van der Waals surface area contributed by atoms with Gasteiger partial charge in [0, 0.05) is 53.2 Å². The normalized spacial score (nSPS) is 27.5. The smallest absolute Gasteiger partial charge is 0.261 e. The van der Waals surface area contributed by atoms with Crippen LogP contribution in [-0.4, -0.2) is 54.4 Å². The molecule has 1 aliphatic heterocycles. The number of carbonyl (C=O) groups excluding carboxylic acids is 2. The summed E-state index contributed by atoms with van der Waals surface area (Å²) in [7, 11) is 0.